The van der Waals surface area contributed by atoms with Gasteiger partial charge in [-0.05, 0) is 114 Å². The normalized spacial score (nSPS) is 12.5. The van der Waals surface area contributed by atoms with E-state index < -0.39 is 5.41 Å². The van der Waals surface area contributed by atoms with Gasteiger partial charge in [0.05, 0.1) is 11.1 Å². The van der Waals surface area contributed by atoms with E-state index >= 15 is 0 Å². The van der Waals surface area contributed by atoms with Crippen LogP contribution in [-0.2, 0) is 5.41 Å². The average Bonchev–Trinajstić information content (AvgIpc) is 4.03. The van der Waals surface area contributed by atoms with E-state index in [2.05, 4.69) is 284 Å². The van der Waals surface area contributed by atoms with Crippen molar-refractivity contribution < 1.29 is 4.42 Å². The molecule has 2 nitrogen and oxygen atoms in total. The van der Waals surface area contributed by atoms with E-state index in [-0.39, 0.29) is 0 Å². The lowest BCUT2D eigenvalue weighted by molar-refractivity contribution is 0.670. The number of fused-ring (bicyclic) bond motifs is 7. The first-order valence-corrected chi connectivity index (χ1v) is 25.2. The highest BCUT2D eigenvalue weighted by molar-refractivity contribution is 6.11. The number of hydrogen-bond acceptors (Lipinski definition) is 2. The molecule has 0 unspecified atom stereocenters. The van der Waals surface area contributed by atoms with Gasteiger partial charge in [0.2, 0.25) is 0 Å². The molecular weight excluding hydrogens is 883 g/mol. The topological polar surface area (TPSA) is 16.4 Å². The predicted molar refractivity (Wildman–Crippen MR) is 305 cm³/mol. The fraction of sp³-hybridized carbons (Fsp3) is 0.0141. The third kappa shape index (κ3) is 6.87. The third-order valence-electron chi connectivity index (χ3n) is 15.2. The highest BCUT2D eigenvalue weighted by Crippen LogP contribution is 2.58. The molecule has 12 aromatic carbocycles. The monoisotopic (exact) mass is 929 g/mol. The van der Waals surface area contributed by atoms with E-state index in [4.69, 9.17) is 4.42 Å². The predicted octanol–water partition coefficient (Wildman–Crippen LogP) is 19.2. The standard InChI is InChI=1S/C71H47NO/c1-3-20-53(21-4-1)71(54-22-5-2-6-23-54)65-32-12-9-27-64(65)69-59(29-17-33-66(69)71)52-42-46-56(47-43-52)72(67-34-13-10-25-60(67)62-30-16-31-63-61-26-11-14-35-68(61)73-70(62)63)55-44-40-49(41-45-55)48-36-38-51(39-37-48)58-28-15-19-50-18-7-8-24-57(50)58/h1-47H. The summed E-state index contributed by atoms with van der Waals surface area (Å²) < 4.78 is 6.69. The Hall–Kier alpha value is -9.50. The molecule has 73 heavy (non-hydrogen) atoms. The van der Waals surface area contributed by atoms with Crippen LogP contribution in [-0.4, -0.2) is 0 Å². The van der Waals surface area contributed by atoms with E-state index in [9.17, 15) is 0 Å². The van der Waals surface area contributed by atoms with Crippen LogP contribution in [0.4, 0.5) is 17.1 Å². The Bertz CT molecular complexity index is 4130. The summed E-state index contributed by atoms with van der Waals surface area (Å²) in [6.07, 6.45) is 0. The number of benzene rings is 12. The highest BCUT2D eigenvalue weighted by Gasteiger charge is 2.46. The zero-order valence-corrected chi connectivity index (χ0v) is 40.0. The van der Waals surface area contributed by atoms with E-state index in [1.165, 1.54) is 66.4 Å². The van der Waals surface area contributed by atoms with Gasteiger partial charge in [0.25, 0.3) is 0 Å². The first-order chi connectivity index (χ1) is 36.2. The molecule has 0 N–H and O–H groups in total. The lowest BCUT2D eigenvalue weighted by Crippen LogP contribution is -2.28. The fourth-order valence-electron chi connectivity index (χ4n) is 11.9. The number of rotatable bonds is 9. The lowest BCUT2D eigenvalue weighted by atomic mass is 9.67. The molecule has 1 aromatic heterocycles. The summed E-state index contributed by atoms with van der Waals surface area (Å²) in [5.74, 6) is 0. The molecule has 342 valence electrons. The van der Waals surface area contributed by atoms with Crippen molar-refractivity contribution in [2.24, 2.45) is 0 Å². The van der Waals surface area contributed by atoms with Crippen LogP contribution in [0.3, 0.4) is 0 Å². The molecule has 13 aromatic rings. The molecule has 0 saturated carbocycles. The molecule has 0 amide bonds. The summed E-state index contributed by atoms with van der Waals surface area (Å²) in [4.78, 5) is 2.40. The first-order valence-electron chi connectivity index (χ1n) is 25.2. The second kappa shape index (κ2) is 17.4. The summed E-state index contributed by atoms with van der Waals surface area (Å²) in [6, 6.07) is 104. The average molecular weight is 930 g/mol. The molecule has 14 rings (SSSR count). The van der Waals surface area contributed by atoms with Gasteiger partial charge in [-0.2, -0.15) is 0 Å². The minimum atomic E-state index is -0.474. The highest BCUT2D eigenvalue weighted by atomic mass is 16.3. The van der Waals surface area contributed by atoms with E-state index in [1.54, 1.807) is 0 Å². The van der Waals surface area contributed by atoms with E-state index in [1.807, 2.05) is 6.07 Å². The van der Waals surface area contributed by atoms with Crippen molar-refractivity contribution in [2.45, 2.75) is 5.41 Å². The molecule has 0 bridgehead atoms. The summed E-state index contributed by atoms with van der Waals surface area (Å²) in [5.41, 5.74) is 21.4. The molecule has 1 aliphatic rings. The van der Waals surface area contributed by atoms with Gasteiger partial charge in [-0.3, -0.25) is 0 Å². The van der Waals surface area contributed by atoms with Crippen LogP contribution in [0.15, 0.2) is 290 Å². The van der Waals surface area contributed by atoms with Crippen molar-refractivity contribution in [2.75, 3.05) is 4.90 Å². The second-order valence-electron chi connectivity index (χ2n) is 19.1. The Morgan fingerprint density at radius 3 is 1.49 bits per heavy atom. The maximum Gasteiger partial charge on any atom is 0.143 e. The Balaban J connectivity index is 0.898. The minimum absolute atomic E-state index is 0.474. The van der Waals surface area contributed by atoms with Gasteiger partial charge < -0.3 is 9.32 Å². The zero-order valence-electron chi connectivity index (χ0n) is 40.0. The third-order valence-corrected chi connectivity index (χ3v) is 15.2. The largest absolute Gasteiger partial charge is 0.455 e. The number of anilines is 3. The summed E-state index contributed by atoms with van der Waals surface area (Å²) in [7, 11) is 0. The van der Waals surface area contributed by atoms with Gasteiger partial charge in [-0.15, -0.1) is 0 Å². The van der Waals surface area contributed by atoms with E-state index in [0.29, 0.717) is 0 Å². The molecule has 0 aliphatic heterocycles. The SMILES string of the molecule is c1ccc(C2(c3ccccc3)c3ccccc3-c3c(-c4ccc(N(c5ccc(-c6ccc(-c7cccc8ccccc78)cc6)cc5)c5ccccc5-c5cccc6c5oc5ccccc56)cc4)cccc32)cc1. The van der Waals surface area contributed by atoms with Crippen LogP contribution >= 0.6 is 0 Å². The van der Waals surface area contributed by atoms with Crippen molar-refractivity contribution in [1.29, 1.82) is 0 Å². The van der Waals surface area contributed by atoms with Gasteiger partial charge in [0.15, 0.2) is 0 Å². The summed E-state index contributed by atoms with van der Waals surface area (Å²) in [5, 5.41) is 4.73. The van der Waals surface area contributed by atoms with Gasteiger partial charge in [-0.25, -0.2) is 0 Å². The molecule has 1 heterocycles. The van der Waals surface area contributed by atoms with Gasteiger partial charge >= 0.3 is 0 Å². The van der Waals surface area contributed by atoms with Gasteiger partial charge in [-0.1, -0.05) is 249 Å². The molecule has 0 radical (unpaired) electrons. The maximum atomic E-state index is 6.69. The van der Waals surface area contributed by atoms with Crippen LogP contribution in [0.25, 0.3) is 88.3 Å². The number of furan rings is 1. The summed E-state index contributed by atoms with van der Waals surface area (Å²) >= 11 is 0. The van der Waals surface area contributed by atoms with Crippen LogP contribution in [0.5, 0.6) is 0 Å². The molecule has 0 fully saturated rings. The Kier molecular flexibility index (Phi) is 10.1. The second-order valence-corrected chi connectivity index (χ2v) is 19.1. The van der Waals surface area contributed by atoms with Crippen LogP contribution < -0.4 is 4.90 Å². The van der Waals surface area contributed by atoms with Crippen molar-refractivity contribution in [3.63, 3.8) is 0 Å². The lowest BCUT2D eigenvalue weighted by Gasteiger charge is -2.34. The van der Waals surface area contributed by atoms with Crippen LogP contribution in [0.2, 0.25) is 0 Å². The molecule has 1 aliphatic carbocycles. The molecular formula is C71H47NO. The number of nitrogens with zero attached hydrogens (tertiary/aromatic N) is 1. The van der Waals surface area contributed by atoms with E-state index in [0.717, 1.165) is 61.3 Å². The molecule has 0 saturated heterocycles. The molecule has 0 spiro atoms. The quantitative estimate of drug-likeness (QED) is 0.143. The Morgan fingerprint density at radius 2 is 0.753 bits per heavy atom. The smallest absolute Gasteiger partial charge is 0.143 e. The molecule has 2 heteroatoms. The Morgan fingerprint density at radius 1 is 0.288 bits per heavy atom. The summed E-state index contributed by atoms with van der Waals surface area (Å²) in [6.45, 7) is 0. The van der Waals surface area contributed by atoms with Crippen molar-refractivity contribution >= 4 is 49.8 Å². The van der Waals surface area contributed by atoms with Gasteiger partial charge in [0.1, 0.15) is 11.2 Å². The maximum absolute atomic E-state index is 6.69. The Labute approximate surface area is 425 Å². The van der Waals surface area contributed by atoms with Gasteiger partial charge in [0, 0.05) is 33.3 Å². The fourth-order valence-corrected chi connectivity index (χ4v) is 11.9. The van der Waals surface area contributed by atoms with Crippen molar-refractivity contribution in [3.8, 4) is 55.6 Å². The minimum Gasteiger partial charge on any atom is -0.455 e. The van der Waals surface area contributed by atoms with Crippen LogP contribution in [0, 0.1) is 0 Å². The zero-order chi connectivity index (χ0) is 48.3. The van der Waals surface area contributed by atoms with Crippen molar-refractivity contribution in [3.05, 3.63) is 307 Å². The number of hydrogen-bond donors (Lipinski definition) is 0. The van der Waals surface area contributed by atoms with Crippen molar-refractivity contribution in [1.82, 2.24) is 0 Å². The van der Waals surface area contributed by atoms with Crippen LogP contribution in [0.1, 0.15) is 22.3 Å². The molecule has 0 atom stereocenters. The number of para-hydroxylation sites is 3. The first kappa shape index (κ1) is 42.4.